The lowest BCUT2D eigenvalue weighted by Gasteiger charge is -2.31. The average Bonchev–Trinajstić information content (AvgIpc) is 3.61. The van der Waals surface area contributed by atoms with Crippen LogP contribution in [0.1, 0.15) is 55.0 Å². The van der Waals surface area contributed by atoms with Crippen LogP contribution < -0.4 is 10.6 Å². The number of carbonyl (C=O) groups is 3. The van der Waals surface area contributed by atoms with Gasteiger partial charge in [0.2, 0.25) is 5.91 Å². The third kappa shape index (κ3) is 5.16. The molecule has 3 amide bonds. The maximum atomic E-state index is 13.4. The maximum Gasteiger partial charge on any atom is 0.268 e. The largest absolute Gasteiger partial charge is 0.361 e. The highest BCUT2D eigenvalue weighted by molar-refractivity contribution is 6.00. The highest BCUT2D eigenvalue weighted by Crippen LogP contribution is 2.26. The van der Waals surface area contributed by atoms with Crippen LogP contribution in [0.15, 0.2) is 60.8 Å². The van der Waals surface area contributed by atoms with Crippen molar-refractivity contribution in [3.63, 3.8) is 0 Å². The monoisotopic (exact) mass is 513 g/mol. The molecule has 0 aliphatic carbocycles. The standard InChI is InChI=1S/C30H35N5O3/c1-18-13-22(35(17-18)29(38)21-10-9-19-11-12-31-24(19)15-21)16-32-28(37)26(30(2,3)4)34-27(36)25-14-20-7-5-6-8-23(20)33-25/h5-12,14-15,18,22,26,31,33H,13,16-17H2,1-4H3,(H,32,37)(H,34,36)/t18-,22-,26+/m0/s1. The van der Waals surface area contributed by atoms with E-state index in [0.717, 1.165) is 28.2 Å². The van der Waals surface area contributed by atoms with Gasteiger partial charge in [-0.3, -0.25) is 14.4 Å². The highest BCUT2D eigenvalue weighted by Gasteiger charge is 2.37. The maximum absolute atomic E-state index is 13.4. The van der Waals surface area contributed by atoms with Crippen molar-refractivity contribution >= 4 is 39.5 Å². The van der Waals surface area contributed by atoms with Gasteiger partial charge in [-0.25, -0.2) is 0 Å². The first-order chi connectivity index (χ1) is 18.1. The predicted molar refractivity (Wildman–Crippen MR) is 149 cm³/mol. The van der Waals surface area contributed by atoms with E-state index >= 15 is 0 Å². The van der Waals surface area contributed by atoms with Crippen LogP contribution in [-0.2, 0) is 4.79 Å². The molecule has 3 atom stereocenters. The number of para-hydroxylation sites is 1. The molecular weight excluding hydrogens is 478 g/mol. The molecule has 1 fully saturated rings. The van der Waals surface area contributed by atoms with E-state index < -0.39 is 11.5 Å². The van der Waals surface area contributed by atoms with Crippen molar-refractivity contribution in [3.05, 3.63) is 72.1 Å². The number of fused-ring (bicyclic) bond motifs is 2. The van der Waals surface area contributed by atoms with Crippen molar-refractivity contribution in [2.24, 2.45) is 11.3 Å². The molecule has 3 heterocycles. The normalized spacial score (nSPS) is 18.6. The summed E-state index contributed by atoms with van der Waals surface area (Å²) in [5.74, 6) is -0.302. The molecule has 0 saturated carbocycles. The molecular formula is C30H35N5O3. The van der Waals surface area contributed by atoms with Crippen LogP contribution in [0.3, 0.4) is 0 Å². The van der Waals surface area contributed by atoms with E-state index in [1.54, 1.807) is 6.07 Å². The van der Waals surface area contributed by atoms with Gasteiger partial charge < -0.3 is 25.5 Å². The highest BCUT2D eigenvalue weighted by atomic mass is 16.2. The molecule has 38 heavy (non-hydrogen) atoms. The molecule has 1 aliphatic rings. The summed E-state index contributed by atoms with van der Waals surface area (Å²) < 4.78 is 0. The third-order valence-electron chi connectivity index (χ3n) is 7.38. The molecule has 198 valence electrons. The number of H-pyrrole nitrogens is 2. The quantitative estimate of drug-likeness (QED) is 0.306. The molecule has 0 unspecified atom stereocenters. The lowest BCUT2D eigenvalue weighted by Crippen LogP contribution is -2.55. The van der Waals surface area contributed by atoms with Gasteiger partial charge in [0.05, 0.1) is 0 Å². The fourth-order valence-electron chi connectivity index (χ4n) is 5.34. The number of hydrogen-bond acceptors (Lipinski definition) is 3. The molecule has 8 heteroatoms. The minimum atomic E-state index is -0.750. The van der Waals surface area contributed by atoms with Gasteiger partial charge in [-0.05, 0) is 53.5 Å². The summed E-state index contributed by atoms with van der Waals surface area (Å²) in [5, 5.41) is 7.95. The second-order valence-electron chi connectivity index (χ2n) is 11.5. The molecule has 5 rings (SSSR count). The zero-order chi connectivity index (χ0) is 27.0. The first kappa shape index (κ1) is 25.6. The SMILES string of the molecule is C[C@H]1C[C@@H](CNC(=O)[C@@H](NC(=O)c2cc3ccccc3[nH]2)C(C)(C)C)N(C(=O)c2ccc3cc[nH]c3c2)C1. The van der Waals surface area contributed by atoms with E-state index in [2.05, 4.69) is 27.5 Å². The second kappa shape index (κ2) is 10.0. The van der Waals surface area contributed by atoms with Crippen LogP contribution in [0.25, 0.3) is 21.8 Å². The first-order valence-corrected chi connectivity index (χ1v) is 13.1. The molecule has 0 spiro atoms. The Hall–Kier alpha value is -4.07. The van der Waals surface area contributed by atoms with Gasteiger partial charge in [0, 0.05) is 47.3 Å². The van der Waals surface area contributed by atoms with E-state index in [-0.39, 0.29) is 23.8 Å². The Kier molecular flexibility index (Phi) is 6.73. The number of amides is 3. The summed E-state index contributed by atoms with van der Waals surface area (Å²) in [6.07, 6.45) is 2.66. The van der Waals surface area contributed by atoms with Gasteiger partial charge in [0.25, 0.3) is 11.8 Å². The summed E-state index contributed by atoms with van der Waals surface area (Å²) in [6.45, 7) is 8.86. The van der Waals surface area contributed by atoms with E-state index in [0.29, 0.717) is 30.3 Å². The number of aromatic nitrogens is 2. The topological polar surface area (TPSA) is 110 Å². The first-order valence-electron chi connectivity index (χ1n) is 13.1. The van der Waals surface area contributed by atoms with Gasteiger partial charge in [-0.1, -0.05) is 52.0 Å². The number of likely N-dealkylation sites (tertiary alicyclic amines) is 1. The fourth-order valence-corrected chi connectivity index (χ4v) is 5.34. The van der Waals surface area contributed by atoms with Gasteiger partial charge >= 0.3 is 0 Å². The molecule has 4 N–H and O–H groups in total. The second-order valence-corrected chi connectivity index (χ2v) is 11.5. The van der Waals surface area contributed by atoms with E-state index in [4.69, 9.17) is 0 Å². The summed E-state index contributed by atoms with van der Waals surface area (Å²) >= 11 is 0. The van der Waals surface area contributed by atoms with Crippen molar-refractivity contribution < 1.29 is 14.4 Å². The van der Waals surface area contributed by atoms with Crippen molar-refractivity contribution in [1.29, 1.82) is 0 Å². The minimum Gasteiger partial charge on any atom is -0.361 e. The van der Waals surface area contributed by atoms with Crippen molar-refractivity contribution in [2.75, 3.05) is 13.1 Å². The summed E-state index contributed by atoms with van der Waals surface area (Å²) in [5.41, 5.74) is 2.31. The van der Waals surface area contributed by atoms with Gasteiger partial charge in [0.15, 0.2) is 0 Å². The number of carbonyl (C=O) groups excluding carboxylic acids is 3. The van der Waals surface area contributed by atoms with Crippen molar-refractivity contribution in [3.8, 4) is 0 Å². The van der Waals surface area contributed by atoms with Gasteiger partial charge in [-0.15, -0.1) is 0 Å². The van der Waals surface area contributed by atoms with E-state index in [1.807, 2.05) is 80.4 Å². The molecule has 0 radical (unpaired) electrons. The summed E-state index contributed by atoms with van der Waals surface area (Å²) in [4.78, 5) is 48.0. The van der Waals surface area contributed by atoms with Crippen LogP contribution >= 0.6 is 0 Å². The number of nitrogens with one attached hydrogen (secondary N) is 4. The summed E-state index contributed by atoms with van der Waals surface area (Å²) in [7, 11) is 0. The lowest BCUT2D eigenvalue weighted by atomic mass is 9.86. The number of benzene rings is 2. The van der Waals surface area contributed by atoms with Gasteiger partial charge in [0.1, 0.15) is 11.7 Å². The average molecular weight is 514 g/mol. The Morgan fingerprint density at radius 1 is 1.03 bits per heavy atom. The number of hydrogen-bond donors (Lipinski definition) is 4. The fraction of sp³-hybridized carbons (Fsp3) is 0.367. The molecule has 2 aromatic heterocycles. The Morgan fingerprint density at radius 2 is 1.82 bits per heavy atom. The zero-order valence-electron chi connectivity index (χ0n) is 22.3. The minimum absolute atomic E-state index is 0.0374. The molecule has 2 aromatic carbocycles. The smallest absolute Gasteiger partial charge is 0.268 e. The molecule has 0 bridgehead atoms. The molecule has 4 aromatic rings. The van der Waals surface area contributed by atoms with Crippen molar-refractivity contribution in [1.82, 2.24) is 25.5 Å². The third-order valence-corrected chi connectivity index (χ3v) is 7.38. The van der Waals surface area contributed by atoms with Crippen LogP contribution in [-0.4, -0.2) is 57.8 Å². The molecule has 1 saturated heterocycles. The number of nitrogens with zero attached hydrogens (tertiary/aromatic N) is 1. The Bertz CT molecular complexity index is 1460. The van der Waals surface area contributed by atoms with Crippen LogP contribution in [0.5, 0.6) is 0 Å². The Balaban J connectivity index is 1.27. The van der Waals surface area contributed by atoms with E-state index in [1.165, 1.54) is 0 Å². The van der Waals surface area contributed by atoms with E-state index in [9.17, 15) is 14.4 Å². The lowest BCUT2D eigenvalue weighted by molar-refractivity contribution is -0.125. The van der Waals surface area contributed by atoms with Crippen LogP contribution in [0, 0.1) is 11.3 Å². The van der Waals surface area contributed by atoms with Crippen LogP contribution in [0.2, 0.25) is 0 Å². The predicted octanol–water partition coefficient (Wildman–Crippen LogP) is 4.46. The number of rotatable bonds is 6. The molecule has 1 aliphatic heterocycles. The van der Waals surface area contributed by atoms with Gasteiger partial charge in [-0.2, -0.15) is 0 Å². The Morgan fingerprint density at radius 3 is 2.58 bits per heavy atom. The molecule has 8 nitrogen and oxygen atoms in total. The summed E-state index contributed by atoms with van der Waals surface area (Å²) in [6, 6.07) is 16.2. The zero-order valence-corrected chi connectivity index (χ0v) is 22.3. The van der Waals surface area contributed by atoms with Crippen molar-refractivity contribution in [2.45, 2.75) is 46.2 Å². The Labute approximate surface area is 222 Å². The number of aromatic amines is 2. The van der Waals surface area contributed by atoms with Crippen LogP contribution in [0.4, 0.5) is 0 Å².